The molecule has 1 heterocycles. The van der Waals surface area contributed by atoms with Gasteiger partial charge in [0.2, 0.25) is 0 Å². The normalized spacial score (nSPS) is 12.9. The predicted molar refractivity (Wildman–Crippen MR) is 106 cm³/mol. The molecule has 0 fully saturated rings. The average Bonchev–Trinajstić information content (AvgIpc) is 2.59. The highest BCUT2D eigenvalue weighted by atomic mass is 16.3. The first kappa shape index (κ1) is 19.6. The molecule has 25 heavy (non-hydrogen) atoms. The second kappa shape index (κ2) is 8.11. The van der Waals surface area contributed by atoms with E-state index in [1.54, 1.807) is 0 Å². The Hall–Kier alpha value is -1.71. The van der Waals surface area contributed by atoms with Crippen molar-refractivity contribution in [1.29, 1.82) is 0 Å². The molecule has 1 atom stereocenters. The lowest BCUT2D eigenvalue weighted by atomic mass is 9.84. The van der Waals surface area contributed by atoms with Crippen LogP contribution in [0.4, 0.5) is 0 Å². The molecule has 3 nitrogen and oxygen atoms in total. The van der Waals surface area contributed by atoms with Gasteiger partial charge in [0.15, 0.2) is 0 Å². The van der Waals surface area contributed by atoms with Gasteiger partial charge in [-0.3, -0.25) is 4.98 Å². The molecule has 0 bridgehead atoms. The Kier molecular flexibility index (Phi) is 6.36. The quantitative estimate of drug-likeness (QED) is 0.772. The van der Waals surface area contributed by atoms with Gasteiger partial charge in [-0.2, -0.15) is 0 Å². The second-order valence-electron chi connectivity index (χ2n) is 7.39. The fourth-order valence-corrected chi connectivity index (χ4v) is 3.51. The number of nitrogens with zero attached hydrogens (tertiary/aromatic N) is 1. The standard InChI is InChI=1S/C22H32N2O/c1-7-18-20(17-10-8-16(12-23)9-11-17)19(15(6)25)22(14(4)5)24-21(18)13(2)3/h8-11,13-15,25H,7,12,23H2,1-6H3. The van der Waals surface area contributed by atoms with E-state index in [-0.39, 0.29) is 5.92 Å². The van der Waals surface area contributed by atoms with E-state index in [1.165, 1.54) is 5.56 Å². The minimum atomic E-state index is -0.555. The lowest BCUT2D eigenvalue weighted by molar-refractivity contribution is 0.197. The van der Waals surface area contributed by atoms with E-state index < -0.39 is 6.10 Å². The largest absolute Gasteiger partial charge is 0.389 e. The Morgan fingerprint density at radius 1 is 0.960 bits per heavy atom. The van der Waals surface area contributed by atoms with E-state index in [4.69, 9.17) is 10.7 Å². The summed E-state index contributed by atoms with van der Waals surface area (Å²) in [6.07, 6.45) is 0.340. The van der Waals surface area contributed by atoms with Gasteiger partial charge in [0.05, 0.1) is 6.10 Å². The lowest BCUT2D eigenvalue weighted by Crippen LogP contribution is -2.13. The van der Waals surface area contributed by atoms with Crippen molar-refractivity contribution in [2.45, 2.75) is 72.4 Å². The first-order chi connectivity index (χ1) is 11.8. The van der Waals surface area contributed by atoms with Crippen molar-refractivity contribution in [3.63, 3.8) is 0 Å². The molecular weight excluding hydrogens is 308 g/mol. The van der Waals surface area contributed by atoms with Crippen molar-refractivity contribution in [3.8, 4) is 11.1 Å². The van der Waals surface area contributed by atoms with Crippen molar-refractivity contribution < 1.29 is 5.11 Å². The van der Waals surface area contributed by atoms with Gasteiger partial charge >= 0.3 is 0 Å². The van der Waals surface area contributed by atoms with E-state index in [0.29, 0.717) is 12.5 Å². The molecular formula is C22H32N2O. The summed E-state index contributed by atoms with van der Waals surface area (Å²) < 4.78 is 0. The molecule has 0 amide bonds. The number of pyridine rings is 1. The van der Waals surface area contributed by atoms with Gasteiger partial charge in [-0.25, -0.2) is 0 Å². The van der Waals surface area contributed by atoms with Gasteiger partial charge in [0, 0.05) is 23.5 Å². The van der Waals surface area contributed by atoms with Crippen molar-refractivity contribution >= 4 is 0 Å². The summed E-state index contributed by atoms with van der Waals surface area (Å²) in [4.78, 5) is 5.00. The van der Waals surface area contributed by atoms with Crippen LogP contribution < -0.4 is 5.73 Å². The van der Waals surface area contributed by atoms with Gasteiger partial charge in [0.25, 0.3) is 0 Å². The number of aliphatic hydroxyl groups excluding tert-OH is 1. The summed E-state index contributed by atoms with van der Waals surface area (Å²) in [6, 6.07) is 8.39. The van der Waals surface area contributed by atoms with Crippen molar-refractivity contribution in [2.75, 3.05) is 0 Å². The Bertz CT molecular complexity index is 716. The number of benzene rings is 1. The van der Waals surface area contributed by atoms with E-state index >= 15 is 0 Å². The number of aliphatic hydroxyl groups is 1. The molecule has 1 aromatic heterocycles. The third kappa shape index (κ3) is 3.94. The van der Waals surface area contributed by atoms with E-state index in [2.05, 4.69) is 58.9 Å². The molecule has 0 aliphatic heterocycles. The van der Waals surface area contributed by atoms with Crippen LogP contribution in [-0.4, -0.2) is 10.1 Å². The molecule has 0 aliphatic rings. The van der Waals surface area contributed by atoms with Crippen LogP contribution in [0.2, 0.25) is 0 Å². The first-order valence-electron chi connectivity index (χ1n) is 9.35. The zero-order chi connectivity index (χ0) is 18.7. The van der Waals surface area contributed by atoms with Crippen LogP contribution in [0.1, 0.15) is 87.6 Å². The summed E-state index contributed by atoms with van der Waals surface area (Å²) in [5.41, 5.74) is 13.5. The maximum atomic E-state index is 10.6. The lowest BCUT2D eigenvalue weighted by Gasteiger charge is -2.26. The van der Waals surface area contributed by atoms with Crippen LogP contribution in [0.15, 0.2) is 24.3 Å². The maximum absolute atomic E-state index is 10.6. The molecule has 3 heteroatoms. The Balaban J connectivity index is 2.88. The summed E-state index contributed by atoms with van der Waals surface area (Å²) >= 11 is 0. The van der Waals surface area contributed by atoms with Crippen LogP contribution >= 0.6 is 0 Å². The molecule has 136 valence electrons. The Morgan fingerprint density at radius 3 is 1.92 bits per heavy atom. The zero-order valence-corrected chi connectivity index (χ0v) is 16.4. The number of hydrogen-bond donors (Lipinski definition) is 2. The van der Waals surface area contributed by atoms with Crippen LogP contribution in [0.5, 0.6) is 0 Å². The topological polar surface area (TPSA) is 59.1 Å². The van der Waals surface area contributed by atoms with Gasteiger partial charge in [-0.1, -0.05) is 58.9 Å². The van der Waals surface area contributed by atoms with Gasteiger partial charge in [-0.15, -0.1) is 0 Å². The molecule has 0 spiro atoms. The molecule has 1 unspecified atom stereocenters. The minimum absolute atomic E-state index is 0.259. The summed E-state index contributed by atoms with van der Waals surface area (Å²) in [5, 5.41) is 10.6. The number of rotatable bonds is 6. The van der Waals surface area contributed by atoms with Gasteiger partial charge in [-0.05, 0) is 47.4 Å². The highest BCUT2D eigenvalue weighted by Gasteiger charge is 2.25. The van der Waals surface area contributed by atoms with Gasteiger partial charge in [0.1, 0.15) is 0 Å². The summed E-state index contributed by atoms with van der Waals surface area (Å²) in [5.74, 6) is 0.604. The highest BCUT2D eigenvalue weighted by molar-refractivity contribution is 5.74. The third-order valence-electron chi connectivity index (χ3n) is 4.74. The number of hydrogen-bond acceptors (Lipinski definition) is 3. The van der Waals surface area contributed by atoms with Crippen LogP contribution in [0.25, 0.3) is 11.1 Å². The zero-order valence-electron chi connectivity index (χ0n) is 16.4. The van der Waals surface area contributed by atoms with Gasteiger partial charge < -0.3 is 10.8 Å². The van der Waals surface area contributed by atoms with Crippen molar-refractivity contribution in [3.05, 3.63) is 52.3 Å². The average molecular weight is 341 g/mol. The highest BCUT2D eigenvalue weighted by Crippen LogP contribution is 2.39. The summed E-state index contributed by atoms with van der Waals surface area (Å²) in [7, 11) is 0. The Morgan fingerprint density at radius 2 is 1.52 bits per heavy atom. The second-order valence-corrected chi connectivity index (χ2v) is 7.39. The fourth-order valence-electron chi connectivity index (χ4n) is 3.51. The minimum Gasteiger partial charge on any atom is -0.389 e. The van der Waals surface area contributed by atoms with Crippen LogP contribution in [0, 0.1) is 0 Å². The fraction of sp³-hybridized carbons (Fsp3) is 0.500. The smallest absolute Gasteiger partial charge is 0.0785 e. The molecule has 3 N–H and O–H groups in total. The maximum Gasteiger partial charge on any atom is 0.0785 e. The molecule has 2 rings (SSSR count). The number of aromatic nitrogens is 1. The molecule has 0 radical (unpaired) electrons. The van der Waals surface area contributed by atoms with E-state index in [1.807, 2.05) is 6.92 Å². The first-order valence-corrected chi connectivity index (χ1v) is 9.35. The van der Waals surface area contributed by atoms with Crippen LogP contribution in [0.3, 0.4) is 0 Å². The molecule has 0 saturated carbocycles. The number of nitrogens with two attached hydrogens (primary N) is 1. The van der Waals surface area contributed by atoms with Crippen molar-refractivity contribution in [1.82, 2.24) is 4.98 Å². The van der Waals surface area contributed by atoms with Crippen molar-refractivity contribution in [2.24, 2.45) is 5.73 Å². The van der Waals surface area contributed by atoms with E-state index in [9.17, 15) is 5.11 Å². The molecule has 0 saturated heterocycles. The summed E-state index contributed by atoms with van der Waals surface area (Å²) in [6.45, 7) is 13.2. The SMILES string of the molecule is CCc1c(C(C)C)nc(C(C)C)c(C(C)O)c1-c1ccc(CN)cc1. The monoisotopic (exact) mass is 340 g/mol. The van der Waals surface area contributed by atoms with E-state index in [0.717, 1.165) is 40.1 Å². The van der Waals surface area contributed by atoms with Crippen LogP contribution in [-0.2, 0) is 13.0 Å². The Labute approximate surface area is 152 Å². The predicted octanol–water partition coefficient (Wildman–Crippen LogP) is 5.07. The molecule has 1 aromatic carbocycles. The molecule has 0 aliphatic carbocycles. The third-order valence-corrected chi connectivity index (χ3v) is 4.74. The molecule has 2 aromatic rings.